The smallest absolute Gasteiger partial charge is 0.325 e. The Balaban J connectivity index is 1.18. The number of amides is 1. The predicted octanol–water partition coefficient (Wildman–Crippen LogP) is 3.57. The number of nitrogens with zero attached hydrogens (tertiary/aromatic N) is 5. The quantitative estimate of drug-likeness (QED) is 0.0904. The number of benzene rings is 3. The number of methoxy groups -OCH3 is 1. The van der Waals surface area contributed by atoms with Gasteiger partial charge in [-0.15, -0.1) is 0 Å². The van der Waals surface area contributed by atoms with Crippen molar-refractivity contribution in [2.45, 2.75) is 25.4 Å². The van der Waals surface area contributed by atoms with E-state index in [1.54, 1.807) is 36.5 Å². The number of aryl methyl sites for hydroxylation is 1. The van der Waals surface area contributed by atoms with Gasteiger partial charge in [-0.1, -0.05) is 36.4 Å². The number of nitrogens with two attached hydrogens (primary N) is 2. The van der Waals surface area contributed by atoms with E-state index in [1.165, 1.54) is 12.0 Å². The molecule has 0 saturated heterocycles. The maximum atomic E-state index is 13.6. The third kappa shape index (κ3) is 8.84. The molecule has 1 atom stereocenters. The lowest BCUT2D eigenvalue weighted by Gasteiger charge is -2.21. The molecule has 3 aromatic carbocycles. The molecule has 5 rings (SSSR count). The summed E-state index contributed by atoms with van der Waals surface area (Å²) in [6, 6.07) is 26.6. The van der Waals surface area contributed by atoms with E-state index < -0.39 is 18.0 Å². The van der Waals surface area contributed by atoms with Gasteiger partial charge in [0.2, 0.25) is 0 Å². The Labute approximate surface area is 283 Å². The number of imidazole rings is 1. The van der Waals surface area contributed by atoms with Gasteiger partial charge in [0.05, 0.1) is 31.1 Å². The summed E-state index contributed by atoms with van der Waals surface area (Å²) in [6.45, 7) is 0.295. The van der Waals surface area contributed by atoms with Crippen molar-refractivity contribution in [3.63, 3.8) is 0 Å². The molecule has 1 amide bonds. The summed E-state index contributed by atoms with van der Waals surface area (Å²) in [4.78, 5) is 52.4. The number of anilines is 2. The Morgan fingerprint density at radius 2 is 1.71 bits per heavy atom. The highest BCUT2D eigenvalue weighted by Gasteiger charge is 2.21. The maximum Gasteiger partial charge on any atom is 0.325 e. The highest BCUT2D eigenvalue weighted by Crippen LogP contribution is 2.21. The van der Waals surface area contributed by atoms with Crippen molar-refractivity contribution in [3.05, 3.63) is 120 Å². The van der Waals surface area contributed by atoms with Crippen LogP contribution < -0.4 is 21.7 Å². The van der Waals surface area contributed by atoms with Crippen LogP contribution in [0.5, 0.6) is 0 Å². The molecule has 0 spiro atoms. The van der Waals surface area contributed by atoms with Gasteiger partial charge in [0.1, 0.15) is 23.5 Å². The van der Waals surface area contributed by atoms with Gasteiger partial charge in [-0.05, 0) is 66.6 Å². The van der Waals surface area contributed by atoms with Crippen molar-refractivity contribution in [2.75, 3.05) is 30.6 Å². The molecule has 1 unspecified atom stereocenters. The number of hydrogen-bond acceptors (Lipinski definition) is 10. The van der Waals surface area contributed by atoms with Crippen LogP contribution in [0.25, 0.3) is 11.0 Å². The minimum Gasteiger partial charge on any atom is -0.469 e. The number of rotatable bonds is 14. The molecule has 49 heavy (non-hydrogen) atoms. The van der Waals surface area contributed by atoms with Gasteiger partial charge in [-0.25, -0.2) is 15.0 Å². The van der Waals surface area contributed by atoms with E-state index in [1.807, 2.05) is 72.3 Å². The molecule has 0 aliphatic heterocycles. The topological polar surface area (TPSA) is 180 Å². The molecular formula is C36H38N8O5. The fourth-order valence-electron chi connectivity index (χ4n) is 5.09. The van der Waals surface area contributed by atoms with E-state index in [-0.39, 0.29) is 31.4 Å². The van der Waals surface area contributed by atoms with Crippen LogP contribution in [0.3, 0.4) is 0 Å². The molecule has 0 fully saturated rings. The summed E-state index contributed by atoms with van der Waals surface area (Å²) in [7, 11) is 3.22. The second-order valence-corrected chi connectivity index (χ2v) is 11.1. The van der Waals surface area contributed by atoms with E-state index in [9.17, 15) is 14.4 Å². The van der Waals surface area contributed by atoms with Gasteiger partial charge in [0, 0.05) is 36.6 Å². The third-order valence-corrected chi connectivity index (χ3v) is 7.83. The molecule has 0 radical (unpaired) electrons. The molecule has 5 aromatic rings. The van der Waals surface area contributed by atoms with Crippen LogP contribution in [-0.2, 0) is 39.1 Å². The Morgan fingerprint density at radius 1 is 0.980 bits per heavy atom. The van der Waals surface area contributed by atoms with E-state index in [4.69, 9.17) is 25.9 Å². The number of esters is 2. The highest BCUT2D eigenvalue weighted by atomic mass is 16.5. The van der Waals surface area contributed by atoms with Gasteiger partial charge in [-0.2, -0.15) is 0 Å². The van der Waals surface area contributed by atoms with E-state index in [0.717, 1.165) is 22.6 Å². The Hall–Kier alpha value is -6.08. The summed E-state index contributed by atoms with van der Waals surface area (Å²) in [5.41, 5.74) is 16.5. The first kappa shape index (κ1) is 34.3. The first-order chi connectivity index (χ1) is 23.7. The number of aromatic nitrogens is 3. The number of hydrogen-bond donors (Lipinski definition) is 3. The van der Waals surface area contributed by atoms with Crippen LogP contribution in [0.4, 0.5) is 11.5 Å². The monoisotopic (exact) mass is 662 g/mol. The SMILES string of the molecule is COC(=O)CCN(C(=O)c1ccc2c(c1)nc(CNc1ccc(/C(N)=N/COC(=O)C(N)Cc3ccccc3)cc1)n2C)c1ccccn1. The zero-order valence-electron chi connectivity index (χ0n) is 27.3. The Bertz CT molecular complexity index is 1930. The first-order valence-corrected chi connectivity index (χ1v) is 15.6. The number of fused-ring (bicyclic) bond motifs is 1. The molecule has 0 aliphatic rings. The normalized spacial score (nSPS) is 11.9. The average Bonchev–Trinajstić information content (AvgIpc) is 3.45. The lowest BCUT2D eigenvalue weighted by atomic mass is 10.1. The lowest BCUT2D eigenvalue weighted by Crippen LogP contribution is -2.34. The fraction of sp³-hybridized carbons (Fsp3) is 0.222. The minimum atomic E-state index is -0.795. The Morgan fingerprint density at radius 3 is 2.43 bits per heavy atom. The second kappa shape index (κ2) is 16.2. The molecule has 5 N–H and O–H groups in total. The number of nitrogens with one attached hydrogen (secondary N) is 1. The Kier molecular flexibility index (Phi) is 11.3. The standard InChI is InChI=1S/C36H38N8O5/c1-43-30-16-13-26(35(46)44(19-17-33(45)48-2)31-10-6-7-18-39-31)21-29(30)42-32(43)22-40-27-14-11-25(12-15-27)34(38)41-23-49-36(47)28(37)20-24-8-4-3-5-9-24/h3-16,18,21,28,40H,17,19-20,22-23,37H2,1-2H3,(H2,38,41). The number of carbonyl (C=O) groups is 3. The van der Waals surface area contributed by atoms with Gasteiger partial charge in [0.25, 0.3) is 5.91 Å². The average molecular weight is 663 g/mol. The summed E-state index contributed by atoms with van der Waals surface area (Å²) in [5, 5.41) is 3.35. The number of ether oxygens (including phenoxy) is 2. The van der Waals surface area contributed by atoms with E-state index >= 15 is 0 Å². The van der Waals surface area contributed by atoms with Crippen molar-refractivity contribution < 1.29 is 23.9 Å². The van der Waals surface area contributed by atoms with Crippen molar-refractivity contribution in [1.82, 2.24) is 14.5 Å². The van der Waals surface area contributed by atoms with E-state index in [2.05, 4.69) is 15.3 Å². The van der Waals surface area contributed by atoms with Crippen LogP contribution in [0, 0.1) is 0 Å². The van der Waals surface area contributed by atoms with Crippen LogP contribution >= 0.6 is 0 Å². The zero-order valence-corrected chi connectivity index (χ0v) is 27.3. The maximum absolute atomic E-state index is 13.6. The number of pyridine rings is 1. The largest absolute Gasteiger partial charge is 0.469 e. The summed E-state index contributed by atoms with van der Waals surface area (Å²) < 4.78 is 11.9. The number of aliphatic imine (C=N–C) groups is 1. The molecule has 0 aliphatic carbocycles. The third-order valence-electron chi connectivity index (χ3n) is 7.83. The van der Waals surface area contributed by atoms with Gasteiger partial charge >= 0.3 is 11.9 Å². The van der Waals surface area contributed by atoms with Gasteiger partial charge in [-0.3, -0.25) is 19.3 Å². The molecule has 13 heteroatoms. The van der Waals surface area contributed by atoms with E-state index in [0.29, 0.717) is 35.4 Å². The predicted molar refractivity (Wildman–Crippen MR) is 187 cm³/mol. The fourth-order valence-corrected chi connectivity index (χ4v) is 5.09. The van der Waals surface area contributed by atoms with Crippen molar-refractivity contribution in [2.24, 2.45) is 23.5 Å². The number of amidine groups is 1. The highest BCUT2D eigenvalue weighted by molar-refractivity contribution is 6.07. The van der Waals surface area contributed by atoms with Crippen LogP contribution in [0.15, 0.2) is 102 Å². The van der Waals surface area contributed by atoms with Crippen LogP contribution in [0.2, 0.25) is 0 Å². The first-order valence-electron chi connectivity index (χ1n) is 15.6. The van der Waals surface area contributed by atoms with Gasteiger partial charge in [0.15, 0.2) is 6.73 Å². The molecular weight excluding hydrogens is 624 g/mol. The summed E-state index contributed by atoms with van der Waals surface area (Å²) in [6.07, 6.45) is 1.99. The number of carbonyl (C=O) groups excluding carboxylic acids is 3. The zero-order chi connectivity index (χ0) is 34.8. The molecule has 0 saturated carbocycles. The molecule has 0 bridgehead atoms. The van der Waals surface area contributed by atoms with Crippen LogP contribution in [-0.4, -0.2) is 64.6 Å². The molecule has 2 aromatic heterocycles. The van der Waals surface area contributed by atoms with Crippen LogP contribution in [0.1, 0.15) is 33.7 Å². The van der Waals surface area contributed by atoms with Crippen molar-refractivity contribution in [1.29, 1.82) is 0 Å². The molecule has 13 nitrogen and oxygen atoms in total. The summed E-state index contributed by atoms with van der Waals surface area (Å²) >= 11 is 0. The lowest BCUT2D eigenvalue weighted by molar-refractivity contribution is -0.145. The molecule has 2 heterocycles. The summed E-state index contributed by atoms with van der Waals surface area (Å²) in [5.74, 6) is 0.141. The van der Waals surface area contributed by atoms with Crippen molar-refractivity contribution in [3.8, 4) is 0 Å². The minimum absolute atomic E-state index is 0.0288. The van der Waals surface area contributed by atoms with Gasteiger partial charge < -0.3 is 30.8 Å². The molecule has 252 valence electrons. The van der Waals surface area contributed by atoms with Crippen molar-refractivity contribution >= 4 is 46.2 Å². The second-order valence-electron chi connectivity index (χ2n) is 11.1.